The van der Waals surface area contributed by atoms with Crippen molar-refractivity contribution in [3.63, 3.8) is 0 Å². The predicted octanol–water partition coefficient (Wildman–Crippen LogP) is 0.941. The molecule has 0 radical (unpaired) electrons. The molecule has 0 atom stereocenters. The first-order valence-corrected chi connectivity index (χ1v) is 8.41. The molecule has 0 aliphatic carbocycles. The van der Waals surface area contributed by atoms with Crippen molar-refractivity contribution in [1.82, 2.24) is 9.62 Å². The van der Waals surface area contributed by atoms with Gasteiger partial charge in [-0.05, 0) is 25.2 Å². The Bertz CT molecular complexity index is 537. The summed E-state index contributed by atoms with van der Waals surface area (Å²) in [6, 6.07) is 6.24. The van der Waals surface area contributed by atoms with Crippen LogP contribution in [0.25, 0.3) is 0 Å². The monoisotopic (exact) mass is 315 g/mol. The van der Waals surface area contributed by atoms with E-state index in [0.29, 0.717) is 18.7 Å². The summed E-state index contributed by atoms with van der Waals surface area (Å²) in [6.07, 6.45) is 0. The molecular weight excluding hydrogens is 294 g/mol. The number of sulfonamides is 1. The quantitative estimate of drug-likeness (QED) is 0.698. The zero-order valence-corrected chi connectivity index (χ0v) is 13.4. The highest BCUT2D eigenvalue weighted by atomic mass is 32.2. The van der Waals surface area contributed by atoms with Crippen LogP contribution in [0.4, 0.5) is 0 Å². The van der Waals surface area contributed by atoms with Crippen LogP contribution in [-0.2, 0) is 10.0 Å². The van der Waals surface area contributed by atoms with Gasteiger partial charge in [0.2, 0.25) is 10.0 Å². The maximum absolute atomic E-state index is 12.1. The van der Waals surface area contributed by atoms with E-state index in [1.165, 1.54) is 12.1 Å². The topological polar surface area (TPSA) is 75.4 Å². The molecule has 0 spiro atoms. The van der Waals surface area contributed by atoms with Crippen molar-refractivity contribution in [2.45, 2.75) is 18.7 Å². The fourth-order valence-electron chi connectivity index (χ4n) is 1.76. The van der Waals surface area contributed by atoms with E-state index in [1.807, 2.05) is 13.8 Å². The van der Waals surface area contributed by atoms with Crippen LogP contribution < -0.4 is 10.5 Å². The SMILES string of the molecule is CCN(CC)CCNS(=O)(=O)c1ccc(C(N)=S)cc1. The molecule has 0 aliphatic heterocycles. The van der Waals surface area contributed by atoms with Crippen LogP contribution in [0.5, 0.6) is 0 Å². The summed E-state index contributed by atoms with van der Waals surface area (Å²) < 4.78 is 26.7. The molecule has 0 saturated heterocycles. The molecule has 3 N–H and O–H groups in total. The number of rotatable bonds is 8. The molecule has 0 amide bonds. The second-order valence-corrected chi connectivity index (χ2v) is 6.52. The van der Waals surface area contributed by atoms with E-state index in [0.717, 1.165) is 13.1 Å². The first-order valence-electron chi connectivity index (χ1n) is 6.52. The summed E-state index contributed by atoms with van der Waals surface area (Å²) in [5.41, 5.74) is 6.13. The van der Waals surface area contributed by atoms with Gasteiger partial charge in [0.25, 0.3) is 0 Å². The number of nitrogens with zero attached hydrogens (tertiary/aromatic N) is 1. The minimum atomic E-state index is -3.48. The molecule has 20 heavy (non-hydrogen) atoms. The lowest BCUT2D eigenvalue weighted by molar-refractivity contribution is 0.309. The number of benzene rings is 1. The second-order valence-electron chi connectivity index (χ2n) is 4.31. The number of hydrogen-bond acceptors (Lipinski definition) is 4. The highest BCUT2D eigenvalue weighted by Crippen LogP contribution is 2.10. The molecule has 0 heterocycles. The van der Waals surface area contributed by atoms with Crippen molar-refractivity contribution in [3.8, 4) is 0 Å². The van der Waals surface area contributed by atoms with Gasteiger partial charge in [0, 0.05) is 18.7 Å². The van der Waals surface area contributed by atoms with E-state index >= 15 is 0 Å². The third-order valence-corrected chi connectivity index (χ3v) is 4.78. The second kappa shape index (κ2) is 7.68. The summed E-state index contributed by atoms with van der Waals surface area (Å²) in [7, 11) is -3.48. The summed E-state index contributed by atoms with van der Waals surface area (Å²) in [5, 5.41) is 0. The maximum Gasteiger partial charge on any atom is 0.240 e. The Balaban J connectivity index is 2.66. The van der Waals surface area contributed by atoms with Crippen molar-refractivity contribution >= 4 is 27.2 Å². The Hall–Kier alpha value is -1.02. The standard InChI is InChI=1S/C13H21N3O2S2/c1-3-16(4-2)10-9-15-20(17,18)12-7-5-11(6-8-12)13(14)19/h5-8,15H,3-4,9-10H2,1-2H3,(H2,14,19). The van der Waals surface area contributed by atoms with Crippen molar-refractivity contribution in [2.75, 3.05) is 26.2 Å². The van der Waals surface area contributed by atoms with Crippen LogP contribution in [-0.4, -0.2) is 44.5 Å². The van der Waals surface area contributed by atoms with E-state index in [-0.39, 0.29) is 9.88 Å². The smallest absolute Gasteiger partial charge is 0.240 e. The highest BCUT2D eigenvalue weighted by molar-refractivity contribution is 7.89. The first-order chi connectivity index (χ1) is 9.40. The van der Waals surface area contributed by atoms with Crippen molar-refractivity contribution in [2.24, 2.45) is 5.73 Å². The Morgan fingerprint density at radius 1 is 1.25 bits per heavy atom. The third-order valence-electron chi connectivity index (χ3n) is 3.06. The molecule has 0 aliphatic rings. The van der Waals surface area contributed by atoms with Crippen LogP contribution in [0, 0.1) is 0 Å². The molecule has 0 saturated carbocycles. The highest BCUT2D eigenvalue weighted by Gasteiger charge is 2.13. The van der Waals surface area contributed by atoms with Gasteiger partial charge in [-0.3, -0.25) is 0 Å². The Morgan fingerprint density at radius 3 is 2.25 bits per heavy atom. The predicted molar refractivity (Wildman–Crippen MR) is 85.3 cm³/mol. The molecule has 1 aromatic carbocycles. The lowest BCUT2D eigenvalue weighted by Gasteiger charge is -2.18. The number of hydrogen-bond donors (Lipinski definition) is 2. The Kier molecular flexibility index (Phi) is 6.54. The molecule has 7 heteroatoms. The summed E-state index contributed by atoms with van der Waals surface area (Å²) in [4.78, 5) is 2.62. The average Bonchev–Trinajstić information content (AvgIpc) is 2.43. The van der Waals surface area contributed by atoms with Gasteiger partial charge in [-0.2, -0.15) is 0 Å². The largest absolute Gasteiger partial charge is 0.389 e. The molecule has 1 aromatic rings. The van der Waals surface area contributed by atoms with Crippen LogP contribution in [0.2, 0.25) is 0 Å². The average molecular weight is 315 g/mol. The number of thiocarbonyl (C=S) groups is 1. The zero-order chi connectivity index (χ0) is 15.2. The van der Waals surface area contributed by atoms with Crippen LogP contribution in [0.3, 0.4) is 0 Å². The number of likely N-dealkylation sites (N-methyl/N-ethyl adjacent to an activating group) is 1. The van der Waals surface area contributed by atoms with Gasteiger partial charge in [0.15, 0.2) is 0 Å². The molecule has 0 fully saturated rings. The molecule has 0 bridgehead atoms. The fraction of sp³-hybridized carbons (Fsp3) is 0.462. The van der Waals surface area contributed by atoms with Crippen molar-refractivity contribution < 1.29 is 8.42 Å². The van der Waals surface area contributed by atoms with Gasteiger partial charge in [-0.25, -0.2) is 13.1 Å². The Labute approximate surface area is 126 Å². The van der Waals surface area contributed by atoms with Crippen molar-refractivity contribution in [3.05, 3.63) is 29.8 Å². The van der Waals surface area contributed by atoms with Crippen LogP contribution in [0.1, 0.15) is 19.4 Å². The fourth-order valence-corrected chi connectivity index (χ4v) is 2.92. The molecule has 5 nitrogen and oxygen atoms in total. The van der Waals surface area contributed by atoms with Gasteiger partial charge in [-0.1, -0.05) is 38.2 Å². The van der Waals surface area contributed by atoms with Crippen molar-refractivity contribution in [1.29, 1.82) is 0 Å². The number of nitrogens with one attached hydrogen (secondary N) is 1. The normalized spacial score (nSPS) is 11.8. The first kappa shape index (κ1) is 17.0. The van der Waals surface area contributed by atoms with Crippen LogP contribution >= 0.6 is 12.2 Å². The van der Waals surface area contributed by atoms with Gasteiger partial charge in [0.05, 0.1) is 4.90 Å². The van der Waals surface area contributed by atoms with E-state index < -0.39 is 10.0 Å². The Morgan fingerprint density at radius 2 is 1.80 bits per heavy atom. The lowest BCUT2D eigenvalue weighted by atomic mass is 10.2. The minimum Gasteiger partial charge on any atom is -0.389 e. The third kappa shape index (κ3) is 4.82. The van der Waals surface area contributed by atoms with Gasteiger partial charge >= 0.3 is 0 Å². The van der Waals surface area contributed by atoms with E-state index in [9.17, 15) is 8.42 Å². The van der Waals surface area contributed by atoms with Gasteiger partial charge in [0.1, 0.15) is 4.99 Å². The maximum atomic E-state index is 12.1. The van der Waals surface area contributed by atoms with E-state index in [1.54, 1.807) is 12.1 Å². The van der Waals surface area contributed by atoms with Crippen LogP contribution in [0.15, 0.2) is 29.2 Å². The summed E-state index contributed by atoms with van der Waals surface area (Å²) in [6.45, 7) is 6.98. The molecule has 1 rings (SSSR count). The molecular formula is C13H21N3O2S2. The molecule has 0 aromatic heterocycles. The number of nitrogens with two attached hydrogens (primary N) is 1. The lowest BCUT2D eigenvalue weighted by Crippen LogP contribution is -2.34. The van der Waals surface area contributed by atoms with E-state index in [2.05, 4.69) is 9.62 Å². The zero-order valence-electron chi connectivity index (χ0n) is 11.8. The minimum absolute atomic E-state index is 0.219. The van der Waals surface area contributed by atoms with Gasteiger partial charge < -0.3 is 10.6 Å². The summed E-state index contributed by atoms with van der Waals surface area (Å²) >= 11 is 4.83. The molecule has 112 valence electrons. The van der Waals surface area contributed by atoms with E-state index in [4.69, 9.17) is 18.0 Å². The summed E-state index contributed by atoms with van der Waals surface area (Å²) in [5.74, 6) is 0. The molecule has 0 unspecified atom stereocenters. The van der Waals surface area contributed by atoms with Gasteiger partial charge in [-0.15, -0.1) is 0 Å².